The van der Waals surface area contributed by atoms with Gasteiger partial charge >= 0.3 is 12.0 Å². The molecule has 1 unspecified atom stereocenters. The van der Waals surface area contributed by atoms with Crippen LogP contribution in [0.15, 0.2) is 24.3 Å². The standard InChI is InChI=1S/C12H15IN2O3/c1-7(2)10(11(16)17)15-12(18)14-9-5-3-4-8(13)6-9/h3-7,10H,1-2H3,(H,16,17)(H2,14,15,18). The fourth-order valence-corrected chi connectivity index (χ4v) is 1.93. The van der Waals surface area contributed by atoms with E-state index in [4.69, 9.17) is 5.11 Å². The molecule has 3 N–H and O–H groups in total. The number of amides is 2. The molecule has 0 aliphatic rings. The number of hydrogen-bond acceptors (Lipinski definition) is 2. The van der Waals surface area contributed by atoms with E-state index in [1.54, 1.807) is 26.0 Å². The number of carbonyl (C=O) groups excluding carboxylic acids is 1. The molecule has 2 amide bonds. The first-order valence-corrected chi connectivity index (χ1v) is 6.54. The largest absolute Gasteiger partial charge is 0.480 e. The van der Waals surface area contributed by atoms with E-state index in [1.807, 2.05) is 12.1 Å². The average Bonchev–Trinajstić information content (AvgIpc) is 2.25. The Balaban J connectivity index is 2.63. The Morgan fingerprint density at radius 1 is 1.33 bits per heavy atom. The Bertz CT molecular complexity index is 449. The maximum Gasteiger partial charge on any atom is 0.326 e. The van der Waals surface area contributed by atoms with Crippen LogP contribution < -0.4 is 10.6 Å². The van der Waals surface area contributed by atoms with Gasteiger partial charge in [-0.05, 0) is 46.7 Å². The van der Waals surface area contributed by atoms with Crippen LogP contribution in [-0.4, -0.2) is 23.1 Å². The van der Waals surface area contributed by atoms with Crippen molar-refractivity contribution in [3.05, 3.63) is 27.8 Å². The number of aliphatic carboxylic acids is 1. The van der Waals surface area contributed by atoms with E-state index in [0.29, 0.717) is 5.69 Å². The van der Waals surface area contributed by atoms with E-state index in [2.05, 4.69) is 33.2 Å². The Morgan fingerprint density at radius 2 is 2.00 bits per heavy atom. The van der Waals surface area contributed by atoms with Gasteiger partial charge in [0.05, 0.1) is 0 Å². The van der Waals surface area contributed by atoms with E-state index in [1.165, 1.54) is 0 Å². The van der Waals surface area contributed by atoms with Crippen LogP contribution in [-0.2, 0) is 4.79 Å². The normalized spacial score (nSPS) is 12.0. The number of nitrogens with one attached hydrogen (secondary N) is 2. The van der Waals surface area contributed by atoms with Gasteiger partial charge in [-0.25, -0.2) is 9.59 Å². The van der Waals surface area contributed by atoms with Crippen LogP contribution in [0.25, 0.3) is 0 Å². The summed E-state index contributed by atoms with van der Waals surface area (Å²) in [6, 6.07) is 5.84. The molecule has 0 heterocycles. The van der Waals surface area contributed by atoms with E-state index in [0.717, 1.165) is 3.57 Å². The van der Waals surface area contributed by atoms with Gasteiger partial charge in [0.1, 0.15) is 6.04 Å². The quantitative estimate of drug-likeness (QED) is 0.721. The summed E-state index contributed by atoms with van der Waals surface area (Å²) in [6.45, 7) is 3.48. The number of benzene rings is 1. The maximum absolute atomic E-state index is 11.7. The second-order valence-corrected chi connectivity index (χ2v) is 5.41. The lowest BCUT2D eigenvalue weighted by molar-refractivity contribution is -0.140. The summed E-state index contributed by atoms with van der Waals surface area (Å²) in [7, 11) is 0. The van der Waals surface area contributed by atoms with Gasteiger partial charge in [-0.1, -0.05) is 19.9 Å². The van der Waals surface area contributed by atoms with Crippen molar-refractivity contribution in [3.8, 4) is 0 Å². The Labute approximate surface area is 119 Å². The van der Waals surface area contributed by atoms with Crippen molar-refractivity contribution in [3.63, 3.8) is 0 Å². The molecule has 1 aromatic carbocycles. The summed E-state index contributed by atoms with van der Waals surface area (Å²) in [4.78, 5) is 22.6. The summed E-state index contributed by atoms with van der Waals surface area (Å²) in [5, 5.41) is 14.0. The number of carbonyl (C=O) groups is 2. The zero-order valence-corrected chi connectivity index (χ0v) is 12.3. The van der Waals surface area contributed by atoms with Crippen molar-refractivity contribution in [2.24, 2.45) is 5.92 Å². The first-order valence-electron chi connectivity index (χ1n) is 5.46. The summed E-state index contributed by atoms with van der Waals surface area (Å²) >= 11 is 2.13. The third kappa shape index (κ3) is 4.52. The molecule has 0 aliphatic carbocycles. The number of halogens is 1. The molecule has 6 heteroatoms. The second-order valence-electron chi connectivity index (χ2n) is 4.17. The number of rotatable bonds is 4. The van der Waals surface area contributed by atoms with Crippen LogP contribution >= 0.6 is 22.6 Å². The fraction of sp³-hybridized carbons (Fsp3) is 0.333. The molecule has 0 spiro atoms. The average molecular weight is 362 g/mol. The van der Waals surface area contributed by atoms with Crippen LogP contribution in [0.2, 0.25) is 0 Å². The topological polar surface area (TPSA) is 78.4 Å². The minimum atomic E-state index is -1.04. The number of hydrogen-bond donors (Lipinski definition) is 3. The highest BCUT2D eigenvalue weighted by Crippen LogP contribution is 2.12. The molecule has 0 aromatic heterocycles. The van der Waals surface area contributed by atoms with Crippen LogP contribution in [0.1, 0.15) is 13.8 Å². The van der Waals surface area contributed by atoms with Crippen LogP contribution in [0.3, 0.4) is 0 Å². The summed E-state index contributed by atoms with van der Waals surface area (Å²) < 4.78 is 0.990. The summed E-state index contributed by atoms with van der Waals surface area (Å²) in [6.07, 6.45) is 0. The Morgan fingerprint density at radius 3 is 2.50 bits per heavy atom. The highest BCUT2D eigenvalue weighted by molar-refractivity contribution is 14.1. The lowest BCUT2D eigenvalue weighted by Gasteiger charge is -2.18. The third-order valence-electron chi connectivity index (χ3n) is 2.30. The van der Waals surface area contributed by atoms with Crippen LogP contribution in [0.5, 0.6) is 0 Å². The second kappa shape index (κ2) is 6.58. The molecule has 0 bridgehead atoms. The molecule has 98 valence electrons. The molecular formula is C12H15IN2O3. The van der Waals surface area contributed by atoms with Crippen molar-refractivity contribution in [1.29, 1.82) is 0 Å². The summed E-state index contributed by atoms with van der Waals surface area (Å²) in [5.74, 6) is -1.22. The molecule has 1 rings (SSSR count). The lowest BCUT2D eigenvalue weighted by atomic mass is 10.1. The molecule has 1 aromatic rings. The Hall–Kier alpha value is -1.31. The highest BCUT2D eigenvalue weighted by atomic mass is 127. The van der Waals surface area contributed by atoms with Gasteiger partial charge in [0, 0.05) is 9.26 Å². The van der Waals surface area contributed by atoms with Crippen molar-refractivity contribution < 1.29 is 14.7 Å². The van der Waals surface area contributed by atoms with Gasteiger partial charge in [-0.3, -0.25) is 0 Å². The van der Waals surface area contributed by atoms with Crippen molar-refractivity contribution in [1.82, 2.24) is 5.32 Å². The van der Waals surface area contributed by atoms with Gasteiger partial charge in [0.15, 0.2) is 0 Å². The molecule has 5 nitrogen and oxygen atoms in total. The van der Waals surface area contributed by atoms with Gasteiger partial charge in [0.25, 0.3) is 0 Å². The smallest absolute Gasteiger partial charge is 0.326 e. The maximum atomic E-state index is 11.7. The van der Waals surface area contributed by atoms with Crippen molar-refractivity contribution in [2.45, 2.75) is 19.9 Å². The molecule has 1 atom stereocenters. The highest BCUT2D eigenvalue weighted by Gasteiger charge is 2.23. The predicted molar refractivity (Wildman–Crippen MR) is 77.6 cm³/mol. The minimum absolute atomic E-state index is 0.177. The van der Waals surface area contributed by atoms with Crippen LogP contribution in [0, 0.1) is 9.49 Å². The first kappa shape index (κ1) is 14.7. The van der Waals surface area contributed by atoms with Gasteiger partial charge in [0.2, 0.25) is 0 Å². The van der Waals surface area contributed by atoms with Crippen LogP contribution in [0.4, 0.5) is 10.5 Å². The number of urea groups is 1. The molecule has 0 saturated heterocycles. The third-order valence-corrected chi connectivity index (χ3v) is 2.97. The number of anilines is 1. The molecule has 0 saturated carbocycles. The van der Waals surface area contributed by atoms with Gasteiger partial charge in [-0.15, -0.1) is 0 Å². The van der Waals surface area contributed by atoms with E-state index < -0.39 is 18.0 Å². The molecule has 0 radical (unpaired) electrons. The van der Waals surface area contributed by atoms with Crippen molar-refractivity contribution >= 4 is 40.3 Å². The Kier molecular flexibility index (Phi) is 5.39. The minimum Gasteiger partial charge on any atom is -0.480 e. The van der Waals surface area contributed by atoms with Gasteiger partial charge in [-0.2, -0.15) is 0 Å². The lowest BCUT2D eigenvalue weighted by Crippen LogP contribution is -2.46. The number of carboxylic acid groups (broad SMARTS) is 1. The van der Waals surface area contributed by atoms with E-state index >= 15 is 0 Å². The zero-order valence-electron chi connectivity index (χ0n) is 10.1. The molecule has 0 aliphatic heterocycles. The molecular weight excluding hydrogens is 347 g/mol. The summed E-state index contributed by atoms with van der Waals surface area (Å²) in [5.41, 5.74) is 0.632. The van der Waals surface area contributed by atoms with Gasteiger partial charge < -0.3 is 15.7 Å². The molecule has 0 fully saturated rings. The predicted octanol–water partition coefficient (Wildman–Crippen LogP) is 2.52. The monoisotopic (exact) mass is 362 g/mol. The number of carboxylic acids is 1. The van der Waals surface area contributed by atoms with E-state index in [9.17, 15) is 9.59 Å². The van der Waals surface area contributed by atoms with Crippen molar-refractivity contribution in [2.75, 3.05) is 5.32 Å². The molecule has 18 heavy (non-hydrogen) atoms. The fourth-order valence-electron chi connectivity index (χ4n) is 1.39. The van der Waals surface area contributed by atoms with E-state index in [-0.39, 0.29) is 5.92 Å². The zero-order chi connectivity index (χ0) is 13.7. The SMILES string of the molecule is CC(C)C(NC(=O)Nc1cccc(I)c1)C(=O)O. The first-order chi connectivity index (χ1) is 8.40.